The first-order valence-electron chi connectivity index (χ1n) is 5.59. The Morgan fingerprint density at radius 2 is 1.89 bits per heavy atom. The number of amides is 1. The van der Waals surface area contributed by atoms with Crippen molar-refractivity contribution < 1.29 is 22.7 Å². The topological polar surface area (TPSA) is 89.5 Å². The summed E-state index contributed by atoms with van der Waals surface area (Å²) in [6.45, 7) is 1.72. The molecule has 1 amide bonds. The van der Waals surface area contributed by atoms with Gasteiger partial charge in [-0.15, -0.1) is 0 Å². The van der Waals surface area contributed by atoms with Crippen LogP contribution in [-0.4, -0.2) is 39.7 Å². The average molecular weight is 285 g/mol. The first-order valence-corrected chi connectivity index (χ1v) is 7.48. The van der Waals surface area contributed by atoms with Crippen molar-refractivity contribution in [1.82, 2.24) is 5.32 Å². The van der Waals surface area contributed by atoms with Crippen LogP contribution in [0.5, 0.6) is 0 Å². The molecular weight excluding hydrogens is 270 g/mol. The van der Waals surface area contributed by atoms with Gasteiger partial charge in [0.25, 0.3) is 5.91 Å². The number of hydrogen-bond donors (Lipinski definition) is 1. The Kier molecular flexibility index (Phi) is 5.05. The summed E-state index contributed by atoms with van der Waals surface area (Å²) in [5.41, 5.74) is -0.0747. The van der Waals surface area contributed by atoms with E-state index in [-0.39, 0.29) is 10.5 Å². The second-order valence-electron chi connectivity index (χ2n) is 3.80. The van der Waals surface area contributed by atoms with Crippen molar-refractivity contribution in [2.75, 3.05) is 19.4 Å². The zero-order chi connectivity index (χ0) is 14.5. The predicted molar refractivity (Wildman–Crippen MR) is 68.5 cm³/mol. The van der Waals surface area contributed by atoms with E-state index in [1.165, 1.54) is 24.3 Å². The van der Waals surface area contributed by atoms with Crippen LogP contribution in [-0.2, 0) is 19.4 Å². The van der Waals surface area contributed by atoms with Gasteiger partial charge in [-0.2, -0.15) is 0 Å². The average Bonchev–Trinajstić information content (AvgIpc) is 2.35. The lowest BCUT2D eigenvalue weighted by Crippen LogP contribution is -2.28. The van der Waals surface area contributed by atoms with Gasteiger partial charge in [0.05, 0.1) is 10.5 Å². The highest BCUT2D eigenvalue weighted by molar-refractivity contribution is 7.90. The van der Waals surface area contributed by atoms with Gasteiger partial charge < -0.3 is 10.1 Å². The van der Waals surface area contributed by atoms with E-state index in [4.69, 9.17) is 4.74 Å². The second kappa shape index (κ2) is 6.33. The van der Waals surface area contributed by atoms with Crippen molar-refractivity contribution >= 4 is 21.7 Å². The first-order chi connectivity index (χ1) is 8.86. The zero-order valence-electron chi connectivity index (χ0n) is 10.7. The minimum absolute atomic E-state index is 0.0747. The lowest BCUT2D eigenvalue weighted by Gasteiger charge is -2.08. The first kappa shape index (κ1) is 15.2. The van der Waals surface area contributed by atoms with Gasteiger partial charge in [-0.1, -0.05) is 12.1 Å². The molecule has 0 spiro atoms. The number of carbonyl (C=O) groups is 2. The molecule has 0 atom stereocenters. The van der Waals surface area contributed by atoms with Crippen LogP contribution in [0.15, 0.2) is 29.2 Å². The molecule has 0 aliphatic heterocycles. The maximum absolute atomic E-state index is 11.8. The van der Waals surface area contributed by atoms with E-state index < -0.39 is 28.3 Å². The number of hydrogen-bond acceptors (Lipinski definition) is 5. The maximum Gasteiger partial charge on any atom is 0.339 e. The smallest absolute Gasteiger partial charge is 0.339 e. The summed E-state index contributed by atoms with van der Waals surface area (Å²) in [6, 6.07) is 5.70. The van der Waals surface area contributed by atoms with E-state index >= 15 is 0 Å². The van der Waals surface area contributed by atoms with Gasteiger partial charge in [0.1, 0.15) is 0 Å². The van der Waals surface area contributed by atoms with E-state index in [2.05, 4.69) is 5.32 Å². The molecule has 0 saturated heterocycles. The molecule has 6 nitrogen and oxygen atoms in total. The molecule has 19 heavy (non-hydrogen) atoms. The normalized spacial score (nSPS) is 10.8. The third-order valence-corrected chi connectivity index (χ3v) is 3.37. The molecule has 7 heteroatoms. The van der Waals surface area contributed by atoms with Crippen LogP contribution in [0.25, 0.3) is 0 Å². The van der Waals surface area contributed by atoms with Crippen molar-refractivity contribution in [2.24, 2.45) is 0 Å². The van der Waals surface area contributed by atoms with Gasteiger partial charge in [0, 0.05) is 12.8 Å². The number of rotatable bonds is 5. The molecule has 0 aliphatic rings. The molecule has 0 unspecified atom stereocenters. The van der Waals surface area contributed by atoms with E-state index in [0.29, 0.717) is 6.54 Å². The summed E-state index contributed by atoms with van der Waals surface area (Å²) in [5.74, 6) is -1.28. The fraction of sp³-hybridized carbons (Fsp3) is 0.333. The van der Waals surface area contributed by atoms with Crippen LogP contribution in [0.3, 0.4) is 0 Å². The minimum atomic E-state index is -3.53. The van der Waals surface area contributed by atoms with Crippen LogP contribution >= 0.6 is 0 Å². The zero-order valence-corrected chi connectivity index (χ0v) is 11.5. The molecule has 0 bridgehead atoms. The van der Waals surface area contributed by atoms with Crippen LogP contribution < -0.4 is 5.32 Å². The largest absolute Gasteiger partial charge is 0.452 e. The molecule has 0 aliphatic carbocycles. The van der Waals surface area contributed by atoms with Crippen molar-refractivity contribution in [3.63, 3.8) is 0 Å². The van der Waals surface area contributed by atoms with Crippen LogP contribution in [0.2, 0.25) is 0 Å². The number of benzene rings is 1. The third kappa shape index (κ3) is 4.36. The molecule has 1 rings (SSSR count). The maximum atomic E-state index is 11.8. The Balaban J connectivity index is 2.87. The van der Waals surface area contributed by atoms with Gasteiger partial charge in [-0.25, -0.2) is 13.2 Å². The van der Waals surface area contributed by atoms with Crippen LogP contribution in [0, 0.1) is 0 Å². The van der Waals surface area contributed by atoms with E-state index in [1.807, 2.05) is 0 Å². The van der Waals surface area contributed by atoms with Crippen molar-refractivity contribution in [3.05, 3.63) is 29.8 Å². The Morgan fingerprint density at radius 3 is 2.47 bits per heavy atom. The fourth-order valence-electron chi connectivity index (χ4n) is 1.42. The number of ether oxygens (including phenoxy) is 1. The number of nitrogens with one attached hydrogen (secondary N) is 1. The predicted octanol–water partition coefficient (Wildman–Crippen LogP) is 0.383. The molecule has 0 heterocycles. The minimum Gasteiger partial charge on any atom is -0.452 e. The summed E-state index contributed by atoms with van der Waals surface area (Å²) < 4.78 is 27.8. The highest BCUT2D eigenvalue weighted by atomic mass is 32.2. The third-order valence-electron chi connectivity index (χ3n) is 2.21. The van der Waals surface area contributed by atoms with Gasteiger partial charge in [-0.3, -0.25) is 4.79 Å². The molecule has 0 aromatic heterocycles. The Hall–Kier alpha value is -1.89. The summed E-state index contributed by atoms with van der Waals surface area (Å²) >= 11 is 0. The lowest BCUT2D eigenvalue weighted by molar-refractivity contribution is -0.124. The number of sulfone groups is 1. The molecule has 1 aromatic carbocycles. The summed E-state index contributed by atoms with van der Waals surface area (Å²) in [7, 11) is -3.53. The Bertz CT molecular complexity index is 580. The van der Waals surface area contributed by atoms with Crippen molar-refractivity contribution in [1.29, 1.82) is 0 Å². The van der Waals surface area contributed by atoms with Crippen LogP contribution in [0.4, 0.5) is 0 Å². The SMILES string of the molecule is CCNC(=O)COC(=O)c1ccccc1S(C)(=O)=O. The monoisotopic (exact) mass is 285 g/mol. The number of esters is 1. The summed E-state index contributed by atoms with van der Waals surface area (Å²) in [6.07, 6.45) is 1.00. The summed E-state index contributed by atoms with van der Waals surface area (Å²) in [5, 5.41) is 2.46. The Morgan fingerprint density at radius 1 is 1.26 bits per heavy atom. The van der Waals surface area contributed by atoms with E-state index in [0.717, 1.165) is 6.26 Å². The highest BCUT2D eigenvalue weighted by Gasteiger charge is 2.19. The molecular formula is C12H15NO5S. The second-order valence-corrected chi connectivity index (χ2v) is 5.78. The summed E-state index contributed by atoms with van der Waals surface area (Å²) in [4.78, 5) is 22.8. The van der Waals surface area contributed by atoms with E-state index in [1.54, 1.807) is 6.92 Å². The molecule has 0 radical (unpaired) electrons. The molecule has 0 fully saturated rings. The van der Waals surface area contributed by atoms with Gasteiger partial charge in [-0.05, 0) is 19.1 Å². The molecule has 0 saturated carbocycles. The molecule has 1 aromatic rings. The molecule has 1 N–H and O–H groups in total. The van der Waals surface area contributed by atoms with Crippen LogP contribution in [0.1, 0.15) is 17.3 Å². The highest BCUT2D eigenvalue weighted by Crippen LogP contribution is 2.16. The van der Waals surface area contributed by atoms with Gasteiger partial charge in [0.2, 0.25) is 0 Å². The van der Waals surface area contributed by atoms with Crippen molar-refractivity contribution in [3.8, 4) is 0 Å². The number of carbonyl (C=O) groups excluding carboxylic acids is 2. The molecule has 104 valence electrons. The van der Waals surface area contributed by atoms with Crippen molar-refractivity contribution in [2.45, 2.75) is 11.8 Å². The number of likely N-dealkylation sites (N-methyl/N-ethyl adjacent to an activating group) is 1. The lowest BCUT2D eigenvalue weighted by atomic mass is 10.2. The fourth-order valence-corrected chi connectivity index (χ4v) is 2.29. The van der Waals surface area contributed by atoms with Gasteiger partial charge >= 0.3 is 5.97 Å². The van der Waals surface area contributed by atoms with E-state index in [9.17, 15) is 18.0 Å². The Labute approximate surface area is 111 Å². The standard InChI is InChI=1S/C12H15NO5S/c1-3-13-11(14)8-18-12(15)9-6-4-5-7-10(9)19(2,16)17/h4-7H,3,8H2,1-2H3,(H,13,14). The van der Waals surface area contributed by atoms with Gasteiger partial charge in [0.15, 0.2) is 16.4 Å². The quantitative estimate of drug-likeness (QED) is 0.790.